The van der Waals surface area contributed by atoms with Gasteiger partial charge in [0.1, 0.15) is 22.6 Å². The molecule has 0 unspecified atom stereocenters. The van der Waals surface area contributed by atoms with Gasteiger partial charge in [-0.1, -0.05) is 11.6 Å². The van der Waals surface area contributed by atoms with Gasteiger partial charge in [-0.3, -0.25) is 4.79 Å². The first-order valence-corrected chi connectivity index (χ1v) is 7.07. The van der Waals surface area contributed by atoms with Crippen molar-refractivity contribution < 1.29 is 9.18 Å². The van der Waals surface area contributed by atoms with Crippen LogP contribution >= 0.6 is 11.6 Å². The van der Waals surface area contributed by atoms with E-state index in [1.54, 1.807) is 26.1 Å². The molecule has 1 fully saturated rings. The highest BCUT2D eigenvalue weighted by Gasteiger charge is 2.64. The topological polar surface area (TPSA) is 80.7 Å². The third-order valence-corrected chi connectivity index (χ3v) is 3.64. The van der Waals surface area contributed by atoms with E-state index < -0.39 is 17.5 Å². The number of nitrogens with zero attached hydrogens (tertiary/aromatic N) is 4. The van der Waals surface area contributed by atoms with Crippen LogP contribution in [0.5, 0.6) is 0 Å². The minimum absolute atomic E-state index is 0.0556. The summed E-state index contributed by atoms with van der Waals surface area (Å²) in [6.45, 7) is 3.42. The van der Waals surface area contributed by atoms with Crippen molar-refractivity contribution in [1.82, 2.24) is 19.9 Å². The molecule has 2 aromatic rings. The van der Waals surface area contributed by atoms with E-state index in [-0.39, 0.29) is 17.4 Å². The van der Waals surface area contributed by atoms with Crippen molar-refractivity contribution in [1.29, 1.82) is 0 Å². The number of halogens is 2. The number of hydrogen-bond donors (Lipinski definition) is 1. The summed E-state index contributed by atoms with van der Waals surface area (Å²) in [5, 5.41) is 2.62. The van der Waals surface area contributed by atoms with Gasteiger partial charge in [-0.25, -0.2) is 24.3 Å². The van der Waals surface area contributed by atoms with E-state index >= 15 is 0 Å². The molecule has 1 amide bonds. The van der Waals surface area contributed by atoms with Crippen LogP contribution < -0.4 is 5.32 Å². The van der Waals surface area contributed by atoms with Crippen molar-refractivity contribution in [3.63, 3.8) is 0 Å². The normalized spacial score (nSPS) is 23.2. The lowest BCUT2D eigenvalue weighted by Crippen LogP contribution is -2.28. The SMILES string of the molecule is Cc1ccnc([C@@H]2C[C@@]2(F)C(=O)Nc2cc(Cl)nc(C)n2)n1. The molecule has 0 saturated heterocycles. The molecule has 6 nitrogen and oxygen atoms in total. The van der Waals surface area contributed by atoms with Crippen LogP contribution in [0.2, 0.25) is 5.15 Å². The zero-order valence-corrected chi connectivity index (χ0v) is 12.7. The lowest BCUT2D eigenvalue weighted by Gasteiger charge is -2.09. The molecule has 22 heavy (non-hydrogen) atoms. The molecule has 0 spiro atoms. The molecule has 0 aliphatic heterocycles. The molecule has 0 aromatic carbocycles. The highest BCUT2D eigenvalue weighted by molar-refractivity contribution is 6.29. The van der Waals surface area contributed by atoms with Crippen LogP contribution in [0.1, 0.15) is 29.7 Å². The molecular formula is C14H13ClFN5O. The van der Waals surface area contributed by atoms with Crippen LogP contribution in [0.25, 0.3) is 0 Å². The smallest absolute Gasteiger partial charge is 0.264 e. The average Bonchev–Trinajstić information content (AvgIpc) is 3.11. The van der Waals surface area contributed by atoms with Gasteiger partial charge in [0, 0.05) is 24.4 Å². The predicted molar refractivity (Wildman–Crippen MR) is 78.4 cm³/mol. The molecule has 1 N–H and O–H groups in total. The first-order valence-electron chi connectivity index (χ1n) is 6.69. The Morgan fingerprint density at radius 2 is 2.18 bits per heavy atom. The number of alkyl halides is 1. The van der Waals surface area contributed by atoms with Gasteiger partial charge in [0.2, 0.25) is 0 Å². The van der Waals surface area contributed by atoms with Crippen molar-refractivity contribution in [2.45, 2.75) is 31.9 Å². The van der Waals surface area contributed by atoms with Crippen molar-refractivity contribution in [3.05, 3.63) is 40.8 Å². The summed E-state index contributed by atoms with van der Waals surface area (Å²) in [5.74, 6) is -0.488. The zero-order valence-electron chi connectivity index (χ0n) is 12.0. The van der Waals surface area contributed by atoms with Gasteiger partial charge in [-0.05, 0) is 19.9 Å². The maximum absolute atomic E-state index is 14.7. The number of hydrogen-bond acceptors (Lipinski definition) is 5. The third-order valence-electron chi connectivity index (χ3n) is 3.44. The Morgan fingerprint density at radius 3 is 2.86 bits per heavy atom. The fourth-order valence-corrected chi connectivity index (χ4v) is 2.46. The lowest BCUT2D eigenvalue weighted by molar-refractivity contribution is -0.122. The maximum atomic E-state index is 14.7. The summed E-state index contributed by atoms with van der Waals surface area (Å²) in [6, 6.07) is 3.09. The third kappa shape index (κ3) is 2.76. The number of carbonyl (C=O) groups excluding carboxylic acids is 1. The number of rotatable bonds is 3. The van der Waals surface area contributed by atoms with E-state index in [4.69, 9.17) is 11.6 Å². The zero-order chi connectivity index (χ0) is 15.9. The van der Waals surface area contributed by atoms with E-state index in [1.807, 2.05) is 0 Å². The first kappa shape index (κ1) is 14.8. The van der Waals surface area contributed by atoms with Gasteiger partial charge < -0.3 is 5.32 Å². The second-order valence-electron chi connectivity index (χ2n) is 5.25. The van der Waals surface area contributed by atoms with Crippen LogP contribution in [0.15, 0.2) is 18.3 Å². The lowest BCUT2D eigenvalue weighted by atomic mass is 10.2. The Labute approximate surface area is 131 Å². The minimum Gasteiger partial charge on any atom is -0.308 e. The maximum Gasteiger partial charge on any atom is 0.264 e. The van der Waals surface area contributed by atoms with Gasteiger partial charge in [-0.15, -0.1) is 0 Å². The summed E-state index contributed by atoms with van der Waals surface area (Å²) in [6.07, 6.45) is 1.61. The van der Waals surface area contributed by atoms with Crippen molar-refractivity contribution in [2.75, 3.05) is 5.32 Å². The molecule has 1 saturated carbocycles. The van der Waals surface area contributed by atoms with E-state index in [9.17, 15) is 9.18 Å². The molecule has 2 atom stereocenters. The molecule has 2 heterocycles. The Bertz CT molecular complexity index is 736. The number of carbonyl (C=O) groups is 1. The number of aromatic nitrogens is 4. The standard InChI is InChI=1S/C14H13ClFN5O/c1-7-3-4-17-12(18-7)9-6-14(9,16)13(22)21-11-5-10(15)19-8(2)20-11/h3-5,9H,6H2,1-2H3,(H,19,20,21,22)/t9-,14-/m0/s1. The van der Waals surface area contributed by atoms with Gasteiger partial charge >= 0.3 is 0 Å². The van der Waals surface area contributed by atoms with Crippen LogP contribution in [-0.4, -0.2) is 31.5 Å². The van der Waals surface area contributed by atoms with Crippen LogP contribution in [0, 0.1) is 13.8 Å². The summed E-state index contributed by atoms with van der Waals surface area (Å²) in [7, 11) is 0. The summed E-state index contributed by atoms with van der Waals surface area (Å²) < 4.78 is 14.7. The highest BCUT2D eigenvalue weighted by atomic mass is 35.5. The number of amides is 1. The van der Waals surface area contributed by atoms with Gasteiger partial charge in [-0.2, -0.15) is 0 Å². The van der Waals surface area contributed by atoms with E-state index in [0.717, 1.165) is 5.69 Å². The molecule has 3 rings (SSSR count). The van der Waals surface area contributed by atoms with Crippen LogP contribution in [-0.2, 0) is 4.79 Å². The minimum atomic E-state index is -2.01. The highest BCUT2D eigenvalue weighted by Crippen LogP contribution is 2.54. The quantitative estimate of drug-likeness (QED) is 0.878. The molecule has 0 bridgehead atoms. The fraction of sp³-hybridized carbons (Fsp3) is 0.357. The van der Waals surface area contributed by atoms with Gasteiger partial charge in [0.15, 0.2) is 5.67 Å². The largest absolute Gasteiger partial charge is 0.308 e. The number of aryl methyl sites for hydroxylation is 2. The van der Waals surface area contributed by atoms with Crippen molar-refractivity contribution >= 4 is 23.3 Å². The molecule has 8 heteroatoms. The summed E-state index contributed by atoms with van der Waals surface area (Å²) in [5.41, 5.74) is -1.28. The first-order chi connectivity index (χ1) is 10.4. The molecule has 0 radical (unpaired) electrons. The van der Waals surface area contributed by atoms with E-state index in [2.05, 4.69) is 25.3 Å². The molecular weight excluding hydrogens is 309 g/mol. The summed E-state index contributed by atoms with van der Waals surface area (Å²) >= 11 is 5.79. The Balaban J connectivity index is 1.76. The average molecular weight is 322 g/mol. The molecule has 2 aromatic heterocycles. The summed E-state index contributed by atoms with van der Waals surface area (Å²) in [4.78, 5) is 28.2. The van der Waals surface area contributed by atoms with Crippen molar-refractivity contribution in [2.24, 2.45) is 0 Å². The second-order valence-corrected chi connectivity index (χ2v) is 5.64. The number of anilines is 1. The van der Waals surface area contributed by atoms with Crippen LogP contribution in [0.4, 0.5) is 10.2 Å². The van der Waals surface area contributed by atoms with E-state index in [0.29, 0.717) is 11.6 Å². The fourth-order valence-electron chi connectivity index (χ4n) is 2.24. The van der Waals surface area contributed by atoms with Crippen molar-refractivity contribution in [3.8, 4) is 0 Å². The Morgan fingerprint density at radius 1 is 1.41 bits per heavy atom. The van der Waals surface area contributed by atoms with Gasteiger partial charge in [0.05, 0.1) is 5.92 Å². The molecule has 1 aliphatic carbocycles. The second kappa shape index (κ2) is 5.24. The predicted octanol–water partition coefficient (Wildman–Crippen LogP) is 2.37. The van der Waals surface area contributed by atoms with Crippen LogP contribution in [0.3, 0.4) is 0 Å². The Kier molecular flexibility index (Phi) is 3.52. The Hall–Kier alpha value is -2.15. The molecule has 114 valence electrons. The number of nitrogens with one attached hydrogen (secondary N) is 1. The monoisotopic (exact) mass is 321 g/mol. The van der Waals surface area contributed by atoms with E-state index in [1.165, 1.54) is 6.07 Å². The molecule has 1 aliphatic rings. The van der Waals surface area contributed by atoms with Gasteiger partial charge in [0.25, 0.3) is 5.91 Å².